The molecule has 0 bridgehead atoms. The second-order valence-electron chi connectivity index (χ2n) is 4.80. The molecule has 1 aliphatic heterocycles. The fourth-order valence-electron chi connectivity index (χ4n) is 2.22. The van der Waals surface area contributed by atoms with E-state index in [0.29, 0.717) is 5.13 Å². The molecule has 1 aromatic heterocycles. The van der Waals surface area contributed by atoms with Crippen molar-refractivity contribution in [2.24, 2.45) is 0 Å². The third-order valence-electron chi connectivity index (χ3n) is 3.32. The van der Waals surface area contributed by atoms with Crippen LogP contribution in [-0.2, 0) is 4.79 Å². The topological polar surface area (TPSA) is 80.0 Å². The van der Waals surface area contributed by atoms with Gasteiger partial charge in [0, 0.05) is 16.6 Å². The summed E-state index contributed by atoms with van der Waals surface area (Å²) in [6.45, 7) is 0.909. The maximum Gasteiger partial charge on any atom is 0.243 e. The van der Waals surface area contributed by atoms with Crippen LogP contribution in [0.3, 0.4) is 0 Å². The first kappa shape index (κ1) is 13.1. The highest BCUT2D eigenvalue weighted by atomic mass is 32.1. The second kappa shape index (κ2) is 5.60. The van der Waals surface area contributed by atoms with Crippen molar-refractivity contribution in [2.45, 2.75) is 18.9 Å². The maximum absolute atomic E-state index is 12.0. The van der Waals surface area contributed by atoms with Crippen molar-refractivity contribution in [1.82, 2.24) is 10.3 Å². The van der Waals surface area contributed by atoms with Crippen molar-refractivity contribution >= 4 is 28.1 Å². The Morgan fingerprint density at radius 2 is 2.20 bits per heavy atom. The number of hydrogen-bond donors (Lipinski definition) is 3. The van der Waals surface area contributed by atoms with Crippen LogP contribution in [0.4, 0.5) is 10.8 Å². The summed E-state index contributed by atoms with van der Waals surface area (Å²) in [6.07, 6.45) is 1.94. The number of amides is 1. The van der Waals surface area contributed by atoms with Crippen LogP contribution in [0.5, 0.6) is 0 Å². The van der Waals surface area contributed by atoms with Gasteiger partial charge in [0.25, 0.3) is 0 Å². The predicted octanol–water partition coefficient (Wildman–Crippen LogP) is 2.08. The van der Waals surface area contributed by atoms with Gasteiger partial charge in [0.2, 0.25) is 5.91 Å². The lowest BCUT2D eigenvalue weighted by molar-refractivity contribution is -0.117. The van der Waals surface area contributed by atoms with Gasteiger partial charge in [-0.05, 0) is 31.5 Å². The molecule has 5 nitrogen and oxygen atoms in total. The standard InChI is InChI=1S/C14H16N4OS/c15-10-5-3-9(4-6-10)12-8-20-14(17-12)18-13(19)11-2-1-7-16-11/h3-6,8,11,16H,1-2,7,15H2,(H,17,18,19). The van der Waals surface area contributed by atoms with E-state index in [-0.39, 0.29) is 11.9 Å². The fourth-order valence-corrected chi connectivity index (χ4v) is 2.94. The molecule has 1 saturated heterocycles. The van der Waals surface area contributed by atoms with Crippen LogP contribution in [0.15, 0.2) is 29.6 Å². The molecule has 0 radical (unpaired) electrons. The number of nitrogen functional groups attached to an aromatic ring is 1. The Balaban J connectivity index is 1.70. The first-order valence-electron chi connectivity index (χ1n) is 6.58. The van der Waals surface area contributed by atoms with Crippen molar-refractivity contribution in [2.75, 3.05) is 17.6 Å². The Morgan fingerprint density at radius 1 is 1.40 bits per heavy atom. The van der Waals surface area contributed by atoms with Crippen LogP contribution in [0, 0.1) is 0 Å². The Hall–Kier alpha value is -1.92. The van der Waals surface area contributed by atoms with Crippen LogP contribution in [0.1, 0.15) is 12.8 Å². The largest absolute Gasteiger partial charge is 0.399 e. The number of rotatable bonds is 3. The highest BCUT2D eigenvalue weighted by Crippen LogP contribution is 2.25. The van der Waals surface area contributed by atoms with E-state index in [1.165, 1.54) is 11.3 Å². The SMILES string of the molecule is Nc1ccc(-c2csc(NC(=O)C3CCCN3)n2)cc1. The molecule has 3 rings (SSSR count). The van der Waals surface area contributed by atoms with Crippen molar-refractivity contribution in [3.8, 4) is 11.3 Å². The molecular weight excluding hydrogens is 272 g/mol. The van der Waals surface area contributed by atoms with Gasteiger partial charge in [0.05, 0.1) is 11.7 Å². The molecule has 4 N–H and O–H groups in total. The zero-order chi connectivity index (χ0) is 13.9. The second-order valence-corrected chi connectivity index (χ2v) is 5.66. The summed E-state index contributed by atoms with van der Waals surface area (Å²) >= 11 is 1.43. The van der Waals surface area contributed by atoms with Gasteiger partial charge in [0.1, 0.15) is 0 Å². The molecular formula is C14H16N4OS. The molecule has 0 aliphatic carbocycles. The first-order chi connectivity index (χ1) is 9.72. The number of aromatic nitrogens is 1. The molecule has 1 atom stereocenters. The number of carbonyl (C=O) groups is 1. The van der Waals surface area contributed by atoms with E-state index >= 15 is 0 Å². The number of nitrogens with zero attached hydrogens (tertiary/aromatic N) is 1. The zero-order valence-electron chi connectivity index (χ0n) is 10.9. The average molecular weight is 288 g/mol. The third kappa shape index (κ3) is 2.81. The molecule has 104 valence electrons. The Labute approximate surface area is 121 Å². The van der Waals surface area contributed by atoms with E-state index in [4.69, 9.17) is 5.73 Å². The lowest BCUT2D eigenvalue weighted by Gasteiger charge is -2.08. The van der Waals surface area contributed by atoms with E-state index in [2.05, 4.69) is 15.6 Å². The van der Waals surface area contributed by atoms with Crippen LogP contribution in [0.25, 0.3) is 11.3 Å². The van der Waals surface area contributed by atoms with Gasteiger partial charge >= 0.3 is 0 Å². The molecule has 0 spiro atoms. The van der Waals surface area contributed by atoms with Crippen molar-refractivity contribution in [3.05, 3.63) is 29.6 Å². The Morgan fingerprint density at radius 3 is 2.90 bits per heavy atom. The minimum atomic E-state index is -0.0844. The van der Waals surface area contributed by atoms with Crippen molar-refractivity contribution < 1.29 is 4.79 Å². The summed E-state index contributed by atoms with van der Waals surface area (Å²) in [5.74, 6) is 0.000654. The maximum atomic E-state index is 12.0. The van der Waals surface area contributed by atoms with E-state index in [1.807, 2.05) is 29.6 Å². The molecule has 2 aromatic rings. The minimum Gasteiger partial charge on any atom is -0.399 e. The molecule has 20 heavy (non-hydrogen) atoms. The summed E-state index contributed by atoms with van der Waals surface area (Å²) < 4.78 is 0. The van der Waals surface area contributed by atoms with E-state index < -0.39 is 0 Å². The van der Waals surface area contributed by atoms with Gasteiger partial charge in [-0.25, -0.2) is 4.98 Å². The van der Waals surface area contributed by atoms with Crippen LogP contribution in [0.2, 0.25) is 0 Å². The lowest BCUT2D eigenvalue weighted by Crippen LogP contribution is -2.35. The lowest BCUT2D eigenvalue weighted by atomic mass is 10.1. The first-order valence-corrected chi connectivity index (χ1v) is 7.46. The van der Waals surface area contributed by atoms with E-state index in [9.17, 15) is 4.79 Å². The van der Waals surface area contributed by atoms with Crippen LogP contribution >= 0.6 is 11.3 Å². The number of nitrogens with one attached hydrogen (secondary N) is 2. The summed E-state index contributed by atoms with van der Waals surface area (Å²) in [6, 6.07) is 7.45. The van der Waals surface area contributed by atoms with E-state index in [0.717, 1.165) is 36.3 Å². The normalized spacial score (nSPS) is 18.1. The summed E-state index contributed by atoms with van der Waals surface area (Å²) in [5, 5.41) is 8.61. The highest BCUT2D eigenvalue weighted by Gasteiger charge is 2.22. The molecule has 1 amide bonds. The van der Waals surface area contributed by atoms with Gasteiger partial charge in [-0.2, -0.15) is 0 Å². The summed E-state index contributed by atoms with van der Waals surface area (Å²) in [7, 11) is 0. The van der Waals surface area contributed by atoms with Crippen LogP contribution in [-0.4, -0.2) is 23.5 Å². The number of thiazole rings is 1. The molecule has 2 heterocycles. The fraction of sp³-hybridized carbons (Fsp3) is 0.286. The number of hydrogen-bond acceptors (Lipinski definition) is 5. The summed E-state index contributed by atoms with van der Waals surface area (Å²) in [4.78, 5) is 16.4. The van der Waals surface area contributed by atoms with Gasteiger partial charge in [0.15, 0.2) is 5.13 Å². The quantitative estimate of drug-likeness (QED) is 0.755. The van der Waals surface area contributed by atoms with Gasteiger partial charge in [-0.3, -0.25) is 4.79 Å². The zero-order valence-corrected chi connectivity index (χ0v) is 11.7. The third-order valence-corrected chi connectivity index (χ3v) is 4.08. The number of nitrogens with two attached hydrogens (primary N) is 1. The van der Waals surface area contributed by atoms with Gasteiger partial charge in [-0.1, -0.05) is 12.1 Å². The molecule has 0 saturated carbocycles. The molecule has 1 aromatic carbocycles. The van der Waals surface area contributed by atoms with Gasteiger partial charge in [-0.15, -0.1) is 11.3 Å². The highest BCUT2D eigenvalue weighted by molar-refractivity contribution is 7.14. The van der Waals surface area contributed by atoms with Crippen molar-refractivity contribution in [3.63, 3.8) is 0 Å². The van der Waals surface area contributed by atoms with E-state index in [1.54, 1.807) is 0 Å². The summed E-state index contributed by atoms with van der Waals surface area (Å²) in [5.41, 5.74) is 8.24. The number of carbonyl (C=O) groups excluding carboxylic acids is 1. The smallest absolute Gasteiger partial charge is 0.243 e. The number of anilines is 2. The van der Waals surface area contributed by atoms with Crippen LogP contribution < -0.4 is 16.4 Å². The minimum absolute atomic E-state index is 0.000654. The average Bonchev–Trinajstić information content (AvgIpc) is 3.10. The monoisotopic (exact) mass is 288 g/mol. The molecule has 1 unspecified atom stereocenters. The number of benzene rings is 1. The van der Waals surface area contributed by atoms with Gasteiger partial charge < -0.3 is 16.4 Å². The molecule has 1 aliphatic rings. The molecule has 1 fully saturated rings. The van der Waals surface area contributed by atoms with Crippen molar-refractivity contribution in [1.29, 1.82) is 0 Å². The Kier molecular flexibility index (Phi) is 3.66. The molecule has 6 heteroatoms. The Bertz CT molecular complexity index is 602. The predicted molar refractivity (Wildman–Crippen MR) is 81.6 cm³/mol.